The molecule has 3 amide bonds. The average molecular weight is 509 g/mol. The normalized spacial score (nSPS) is 12.2. The van der Waals surface area contributed by atoms with Gasteiger partial charge in [0.1, 0.15) is 6.04 Å². The topological polar surface area (TPSA) is 131 Å². The minimum atomic E-state index is -1.31. The fourth-order valence-corrected chi connectivity index (χ4v) is 3.55. The summed E-state index contributed by atoms with van der Waals surface area (Å²) in [5.41, 5.74) is 3.67. The molecule has 0 fully saturated rings. The van der Waals surface area contributed by atoms with Gasteiger partial charge < -0.3 is 15.7 Å². The third-order valence-electron chi connectivity index (χ3n) is 5.61. The molecule has 2 aromatic carbocycles. The van der Waals surface area contributed by atoms with E-state index in [1.807, 2.05) is 11.9 Å². The molecule has 2 aromatic rings. The van der Waals surface area contributed by atoms with Crippen LogP contribution >= 0.6 is 0 Å². The van der Waals surface area contributed by atoms with Crippen LogP contribution in [0.2, 0.25) is 0 Å². The second kappa shape index (κ2) is 15.4. The first-order valence-corrected chi connectivity index (χ1v) is 12.4. The highest BCUT2D eigenvalue weighted by Crippen LogP contribution is 2.10. The number of benzene rings is 2. The van der Waals surface area contributed by atoms with Gasteiger partial charge in [0.15, 0.2) is 0 Å². The molecule has 9 nitrogen and oxygen atoms in total. The summed E-state index contributed by atoms with van der Waals surface area (Å²) in [5, 5.41) is 23.8. The Morgan fingerprint density at radius 3 is 2.35 bits per heavy atom. The smallest absolute Gasteiger partial charge is 0.268 e. The lowest BCUT2D eigenvalue weighted by atomic mass is 10.1. The summed E-state index contributed by atoms with van der Waals surface area (Å²) in [6.07, 6.45) is 3.46. The van der Waals surface area contributed by atoms with Crippen molar-refractivity contribution in [3.63, 3.8) is 0 Å². The quantitative estimate of drug-likeness (QED) is 0.130. The van der Waals surface area contributed by atoms with E-state index in [0.29, 0.717) is 17.8 Å². The number of unbranched alkanes of at least 4 members (excludes halogenated alkanes) is 3. The molecule has 5 N–H and O–H groups in total. The minimum absolute atomic E-state index is 0.0683. The van der Waals surface area contributed by atoms with Crippen LogP contribution in [0.5, 0.6) is 0 Å². The summed E-state index contributed by atoms with van der Waals surface area (Å²) >= 11 is 0. The maximum atomic E-state index is 12.5. The summed E-state index contributed by atoms with van der Waals surface area (Å²) in [5.74, 6) is 4.42. The number of nitrogens with one attached hydrogen (secondary N) is 3. The van der Waals surface area contributed by atoms with Crippen molar-refractivity contribution < 1.29 is 24.7 Å². The van der Waals surface area contributed by atoms with Crippen LogP contribution in [-0.4, -0.2) is 65.2 Å². The fraction of sp³-hybridized carbons (Fsp3) is 0.393. The SMILES string of the molecule is CCCCCCN(C)CC(=O)Nc1ccc(C#Cc2cccc(C(=O)N[C@H](C(=O)NO)[C@@H](C)O)c2)cc1. The lowest BCUT2D eigenvalue weighted by molar-refractivity contribution is -0.133. The van der Waals surface area contributed by atoms with Gasteiger partial charge in [0.2, 0.25) is 5.91 Å². The summed E-state index contributed by atoms with van der Waals surface area (Å²) in [6.45, 7) is 4.73. The fourth-order valence-electron chi connectivity index (χ4n) is 3.55. The van der Waals surface area contributed by atoms with Crippen molar-refractivity contribution >= 4 is 23.4 Å². The molecular weight excluding hydrogens is 472 g/mol. The van der Waals surface area contributed by atoms with Gasteiger partial charge in [0.05, 0.1) is 12.6 Å². The van der Waals surface area contributed by atoms with Crippen LogP contribution in [-0.2, 0) is 9.59 Å². The maximum Gasteiger partial charge on any atom is 0.268 e. The van der Waals surface area contributed by atoms with E-state index in [4.69, 9.17) is 5.21 Å². The van der Waals surface area contributed by atoms with Gasteiger partial charge in [0.25, 0.3) is 11.8 Å². The Kier molecular flexibility index (Phi) is 12.3. The van der Waals surface area contributed by atoms with E-state index in [-0.39, 0.29) is 11.5 Å². The molecule has 0 aromatic heterocycles. The molecule has 0 saturated heterocycles. The number of nitrogens with zero attached hydrogens (tertiary/aromatic N) is 1. The molecule has 37 heavy (non-hydrogen) atoms. The standard InChI is InChI=1S/C28H36N4O5/c1-4-5-6-7-17-32(3)19-25(34)29-24-15-13-21(14-16-24)11-12-22-9-8-10-23(18-22)27(35)30-26(20(2)33)28(36)31-37/h8-10,13-16,18,20,26,33,37H,4-7,17,19H2,1-3H3,(H,29,34)(H,30,35)(H,31,36)/t20-,26+/m1/s1. The predicted octanol–water partition coefficient (Wildman–Crippen LogP) is 2.52. The van der Waals surface area contributed by atoms with Gasteiger partial charge >= 0.3 is 0 Å². The van der Waals surface area contributed by atoms with E-state index in [2.05, 4.69) is 29.4 Å². The van der Waals surface area contributed by atoms with Crippen LogP contribution in [0.25, 0.3) is 0 Å². The van der Waals surface area contributed by atoms with Crippen LogP contribution in [0.4, 0.5) is 5.69 Å². The lowest BCUT2D eigenvalue weighted by Gasteiger charge is -2.19. The number of anilines is 1. The molecular formula is C28H36N4O5. The van der Waals surface area contributed by atoms with Crippen molar-refractivity contribution in [2.75, 3.05) is 25.5 Å². The van der Waals surface area contributed by atoms with Crippen molar-refractivity contribution in [2.24, 2.45) is 0 Å². The minimum Gasteiger partial charge on any atom is -0.391 e. The van der Waals surface area contributed by atoms with E-state index < -0.39 is 24.0 Å². The van der Waals surface area contributed by atoms with Crippen molar-refractivity contribution in [3.05, 3.63) is 65.2 Å². The Morgan fingerprint density at radius 2 is 1.70 bits per heavy atom. The highest BCUT2D eigenvalue weighted by molar-refractivity contribution is 5.97. The zero-order valence-electron chi connectivity index (χ0n) is 21.6. The lowest BCUT2D eigenvalue weighted by Crippen LogP contribution is -2.51. The first kappa shape index (κ1) is 29.5. The Hall–Kier alpha value is -3.71. The van der Waals surface area contributed by atoms with Crippen LogP contribution in [0.1, 0.15) is 61.0 Å². The number of aliphatic hydroxyl groups is 1. The summed E-state index contributed by atoms with van der Waals surface area (Å²) in [4.78, 5) is 38.5. The first-order chi connectivity index (χ1) is 17.7. The Balaban J connectivity index is 1.95. The number of aliphatic hydroxyl groups excluding tert-OH is 1. The van der Waals surface area contributed by atoms with E-state index in [0.717, 1.165) is 18.5 Å². The molecule has 0 aliphatic heterocycles. The van der Waals surface area contributed by atoms with E-state index >= 15 is 0 Å². The molecule has 2 rings (SSSR count). The number of hydrogen-bond donors (Lipinski definition) is 5. The van der Waals surface area contributed by atoms with Crippen molar-refractivity contribution in [1.29, 1.82) is 0 Å². The summed E-state index contributed by atoms with van der Waals surface area (Å²) in [6, 6.07) is 12.4. The molecule has 0 spiro atoms. The van der Waals surface area contributed by atoms with Gasteiger partial charge in [-0.05, 0) is 69.4 Å². The van der Waals surface area contributed by atoms with E-state index in [1.54, 1.807) is 48.5 Å². The number of carbonyl (C=O) groups is 3. The molecule has 2 atom stereocenters. The third kappa shape index (κ3) is 10.4. The maximum absolute atomic E-state index is 12.5. The van der Waals surface area contributed by atoms with Gasteiger partial charge in [-0.25, -0.2) is 5.48 Å². The molecule has 0 saturated carbocycles. The van der Waals surface area contributed by atoms with Crippen molar-refractivity contribution in [2.45, 2.75) is 51.7 Å². The van der Waals surface area contributed by atoms with E-state index in [1.165, 1.54) is 31.7 Å². The number of rotatable bonds is 12. The van der Waals surface area contributed by atoms with Crippen LogP contribution < -0.4 is 16.1 Å². The largest absolute Gasteiger partial charge is 0.391 e. The van der Waals surface area contributed by atoms with Gasteiger partial charge in [-0.3, -0.25) is 24.5 Å². The van der Waals surface area contributed by atoms with Crippen LogP contribution in [0, 0.1) is 11.8 Å². The molecule has 9 heteroatoms. The van der Waals surface area contributed by atoms with Crippen molar-refractivity contribution in [3.8, 4) is 11.8 Å². The Labute approximate surface area is 218 Å². The molecule has 0 heterocycles. The molecule has 0 radical (unpaired) electrons. The number of carbonyl (C=O) groups excluding carboxylic acids is 3. The molecule has 198 valence electrons. The number of hydrogen-bond acceptors (Lipinski definition) is 6. The van der Waals surface area contributed by atoms with Crippen molar-refractivity contribution in [1.82, 2.24) is 15.7 Å². The second-order valence-electron chi connectivity index (χ2n) is 8.92. The first-order valence-electron chi connectivity index (χ1n) is 12.4. The molecule has 0 bridgehead atoms. The summed E-state index contributed by atoms with van der Waals surface area (Å²) in [7, 11) is 1.94. The van der Waals surface area contributed by atoms with Gasteiger partial charge in [-0.15, -0.1) is 0 Å². The monoisotopic (exact) mass is 508 g/mol. The highest BCUT2D eigenvalue weighted by atomic mass is 16.5. The summed E-state index contributed by atoms with van der Waals surface area (Å²) < 4.78 is 0. The molecule has 0 unspecified atom stereocenters. The predicted molar refractivity (Wildman–Crippen MR) is 142 cm³/mol. The number of likely N-dealkylation sites (N-methyl/N-ethyl adjacent to an activating group) is 1. The Bertz CT molecular complexity index is 1110. The molecule has 0 aliphatic rings. The molecule has 0 aliphatic carbocycles. The average Bonchev–Trinajstić information content (AvgIpc) is 2.88. The van der Waals surface area contributed by atoms with Crippen LogP contribution in [0.15, 0.2) is 48.5 Å². The second-order valence-corrected chi connectivity index (χ2v) is 8.92. The van der Waals surface area contributed by atoms with Gasteiger partial charge in [-0.1, -0.05) is 44.1 Å². The van der Waals surface area contributed by atoms with Crippen LogP contribution in [0.3, 0.4) is 0 Å². The van der Waals surface area contributed by atoms with Gasteiger partial charge in [0, 0.05) is 22.4 Å². The Morgan fingerprint density at radius 1 is 1.00 bits per heavy atom. The third-order valence-corrected chi connectivity index (χ3v) is 5.61. The zero-order valence-corrected chi connectivity index (χ0v) is 21.6. The number of amides is 3. The highest BCUT2D eigenvalue weighted by Gasteiger charge is 2.25. The van der Waals surface area contributed by atoms with E-state index in [9.17, 15) is 19.5 Å². The zero-order chi connectivity index (χ0) is 27.2. The van der Waals surface area contributed by atoms with Gasteiger partial charge in [-0.2, -0.15) is 0 Å². The number of hydroxylamine groups is 1.